The first-order chi connectivity index (χ1) is 14.0. The van der Waals surface area contributed by atoms with Crippen molar-refractivity contribution in [1.29, 1.82) is 0 Å². The van der Waals surface area contributed by atoms with Gasteiger partial charge in [-0.05, 0) is 38.0 Å². The van der Waals surface area contributed by atoms with Crippen molar-refractivity contribution in [1.82, 2.24) is 21.1 Å². The van der Waals surface area contributed by atoms with Crippen LogP contribution in [0.15, 0.2) is 33.8 Å². The lowest BCUT2D eigenvalue weighted by atomic mass is 10.1. The smallest absolute Gasteiger partial charge is 0.319 e. The number of nitrogens with zero attached hydrogens (tertiary/aromatic N) is 2. The fourth-order valence-corrected chi connectivity index (χ4v) is 2.85. The van der Waals surface area contributed by atoms with E-state index >= 15 is 0 Å². The van der Waals surface area contributed by atoms with Gasteiger partial charge in [-0.25, -0.2) is 4.79 Å². The van der Waals surface area contributed by atoms with Gasteiger partial charge in [0, 0.05) is 43.9 Å². The van der Waals surface area contributed by atoms with Gasteiger partial charge in [0.25, 0.3) is 0 Å². The first kappa shape index (κ1) is 25.7. The van der Waals surface area contributed by atoms with Crippen molar-refractivity contribution < 1.29 is 9.32 Å². The third-order valence-electron chi connectivity index (χ3n) is 4.35. The monoisotopic (exact) mass is 528 g/mol. The minimum atomic E-state index is -0.206. The van der Waals surface area contributed by atoms with E-state index in [0.717, 1.165) is 41.1 Å². The molecule has 0 atom stereocenters. The Morgan fingerprint density at radius 2 is 1.77 bits per heavy atom. The molecule has 2 amide bonds. The van der Waals surface area contributed by atoms with Gasteiger partial charge in [0.1, 0.15) is 5.76 Å². The van der Waals surface area contributed by atoms with Crippen molar-refractivity contribution in [2.45, 2.75) is 59.7 Å². The number of aliphatic imine (C=N–C) groups is 1. The summed E-state index contributed by atoms with van der Waals surface area (Å²) in [5.74, 6) is 1.61. The molecule has 0 bridgehead atoms. The number of nitrogens with one attached hydrogen (secondary N) is 4. The van der Waals surface area contributed by atoms with Gasteiger partial charge in [0.05, 0.1) is 5.69 Å². The zero-order valence-electron chi connectivity index (χ0n) is 18.3. The Kier molecular flexibility index (Phi) is 11.2. The van der Waals surface area contributed by atoms with Crippen LogP contribution < -0.4 is 21.3 Å². The van der Waals surface area contributed by atoms with Crippen LogP contribution in [0.5, 0.6) is 0 Å². The molecule has 0 aliphatic carbocycles. The predicted molar refractivity (Wildman–Crippen MR) is 131 cm³/mol. The Labute approximate surface area is 195 Å². The molecule has 0 saturated carbocycles. The van der Waals surface area contributed by atoms with Crippen LogP contribution in [0, 0.1) is 0 Å². The molecule has 2 aromatic rings. The first-order valence-corrected chi connectivity index (χ1v) is 10.0. The molecule has 0 spiro atoms. The van der Waals surface area contributed by atoms with Gasteiger partial charge in [-0.2, -0.15) is 0 Å². The van der Waals surface area contributed by atoms with Crippen molar-refractivity contribution in [2.24, 2.45) is 4.99 Å². The fourth-order valence-electron chi connectivity index (χ4n) is 2.85. The summed E-state index contributed by atoms with van der Waals surface area (Å²) >= 11 is 0. The van der Waals surface area contributed by atoms with E-state index in [0.29, 0.717) is 19.0 Å². The average molecular weight is 528 g/mol. The summed E-state index contributed by atoms with van der Waals surface area (Å²) in [5, 5.41) is 16.4. The number of aromatic nitrogens is 1. The number of benzene rings is 1. The quantitative estimate of drug-likeness (QED) is 0.237. The molecule has 0 unspecified atom stereocenters. The highest BCUT2D eigenvalue weighted by Gasteiger charge is 2.13. The molecule has 0 aliphatic rings. The number of aryl methyl sites for hydroxylation is 2. The normalized spacial score (nSPS) is 11.1. The molecule has 4 N–H and O–H groups in total. The lowest BCUT2D eigenvalue weighted by molar-refractivity contribution is 0.250. The average Bonchev–Trinajstić information content (AvgIpc) is 3.10. The lowest BCUT2D eigenvalue weighted by Gasteiger charge is -2.13. The van der Waals surface area contributed by atoms with Crippen LogP contribution in [-0.2, 0) is 25.9 Å². The molecule has 30 heavy (non-hydrogen) atoms. The molecule has 0 saturated heterocycles. The fraction of sp³-hybridized carbons (Fsp3) is 0.476. The van der Waals surface area contributed by atoms with Gasteiger partial charge in [-0.15, -0.1) is 24.0 Å². The Morgan fingerprint density at radius 3 is 2.33 bits per heavy atom. The molecule has 9 heteroatoms. The molecular formula is C21H33IN6O2. The maximum atomic E-state index is 11.8. The van der Waals surface area contributed by atoms with E-state index in [1.54, 1.807) is 7.05 Å². The van der Waals surface area contributed by atoms with Crippen molar-refractivity contribution in [3.63, 3.8) is 0 Å². The number of rotatable bonds is 8. The molecule has 0 aliphatic heterocycles. The largest absolute Gasteiger partial charge is 0.361 e. The highest BCUT2D eigenvalue weighted by Crippen LogP contribution is 2.15. The van der Waals surface area contributed by atoms with Crippen LogP contribution in [-0.4, -0.2) is 30.2 Å². The molecule has 2 rings (SSSR count). The number of carbonyl (C=O) groups excluding carboxylic acids is 1. The summed E-state index contributed by atoms with van der Waals surface area (Å²) in [6, 6.07) is 7.58. The third-order valence-corrected chi connectivity index (χ3v) is 4.35. The Bertz CT molecular complexity index is 796. The van der Waals surface area contributed by atoms with Gasteiger partial charge in [-0.1, -0.05) is 31.1 Å². The van der Waals surface area contributed by atoms with Gasteiger partial charge in [-0.3, -0.25) is 4.99 Å². The molecular weight excluding hydrogens is 495 g/mol. The molecule has 0 fully saturated rings. The topological polar surface area (TPSA) is 104 Å². The van der Waals surface area contributed by atoms with Crippen LogP contribution in [0.1, 0.15) is 50.3 Å². The van der Waals surface area contributed by atoms with E-state index < -0.39 is 0 Å². The van der Waals surface area contributed by atoms with Crippen molar-refractivity contribution >= 4 is 41.7 Å². The summed E-state index contributed by atoms with van der Waals surface area (Å²) in [6.07, 6.45) is 1.65. The van der Waals surface area contributed by atoms with Gasteiger partial charge < -0.3 is 25.8 Å². The van der Waals surface area contributed by atoms with E-state index in [4.69, 9.17) is 4.52 Å². The van der Waals surface area contributed by atoms with Gasteiger partial charge in [0.15, 0.2) is 5.96 Å². The third kappa shape index (κ3) is 7.85. The van der Waals surface area contributed by atoms with Crippen molar-refractivity contribution in [3.05, 3.63) is 46.8 Å². The molecule has 1 aromatic carbocycles. The predicted octanol–water partition coefficient (Wildman–Crippen LogP) is 3.81. The van der Waals surface area contributed by atoms with E-state index in [9.17, 15) is 4.79 Å². The summed E-state index contributed by atoms with van der Waals surface area (Å²) < 4.78 is 5.41. The molecule has 0 radical (unpaired) electrons. The summed E-state index contributed by atoms with van der Waals surface area (Å²) in [5.41, 5.74) is 3.92. The summed E-state index contributed by atoms with van der Waals surface area (Å²) in [4.78, 5) is 16.0. The minimum absolute atomic E-state index is 0. The number of halogens is 1. The van der Waals surface area contributed by atoms with Crippen molar-refractivity contribution in [2.75, 3.05) is 12.4 Å². The van der Waals surface area contributed by atoms with Crippen LogP contribution >= 0.6 is 24.0 Å². The zero-order chi connectivity index (χ0) is 21.2. The van der Waals surface area contributed by atoms with E-state index in [2.05, 4.69) is 45.3 Å². The number of amides is 2. The highest BCUT2D eigenvalue weighted by molar-refractivity contribution is 14.0. The lowest BCUT2D eigenvalue weighted by Crippen LogP contribution is -2.36. The van der Waals surface area contributed by atoms with Crippen LogP contribution in [0.4, 0.5) is 10.5 Å². The van der Waals surface area contributed by atoms with Crippen LogP contribution in [0.25, 0.3) is 0 Å². The second-order valence-electron chi connectivity index (χ2n) is 6.97. The molecule has 1 aromatic heterocycles. The second kappa shape index (κ2) is 13.1. The summed E-state index contributed by atoms with van der Waals surface area (Å²) in [7, 11) is 1.74. The van der Waals surface area contributed by atoms with Gasteiger partial charge >= 0.3 is 6.03 Å². The van der Waals surface area contributed by atoms with E-state index in [1.807, 2.05) is 38.1 Å². The Hall–Kier alpha value is -2.30. The number of guanidine groups is 1. The molecule has 1 heterocycles. The second-order valence-corrected chi connectivity index (χ2v) is 6.97. The standard InChI is InChI=1S/C21H32N6O2.HI/c1-6-18-17(19(7-2)29-27-18)13-24-20(22-5)23-12-15-8-10-16(11-9-15)26-21(28)25-14(3)4;/h8-11,14H,6-7,12-13H2,1-5H3,(H2,22,23,24)(H2,25,26,28);1H. The maximum Gasteiger partial charge on any atom is 0.319 e. The maximum absolute atomic E-state index is 11.8. The summed E-state index contributed by atoms with van der Waals surface area (Å²) in [6.45, 7) is 9.20. The minimum Gasteiger partial charge on any atom is -0.361 e. The van der Waals surface area contributed by atoms with Crippen molar-refractivity contribution in [3.8, 4) is 0 Å². The number of urea groups is 1. The number of hydrogen-bond acceptors (Lipinski definition) is 4. The molecule has 166 valence electrons. The Morgan fingerprint density at radius 1 is 1.10 bits per heavy atom. The highest BCUT2D eigenvalue weighted by atomic mass is 127. The zero-order valence-corrected chi connectivity index (χ0v) is 20.7. The first-order valence-electron chi connectivity index (χ1n) is 10.0. The Balaban J connectivity index is 0.00000450. The van der Waals surface area contributed by atoms with Gasteiger partial charge in [0.2, 0.25) is 0 Å². The van der Waals surface area contributed by atoms with Crippen LogP contribution in [0.3, 0.4) is 0 Å². The SMILES string of the molecule is CCc1noc(CC)c1CNC(=NC)NCc1ccc(NC(=O)NC(C)C)cc1.I. The molecule has 8 nitrogen and oxygen atoms in total. The number of anilines is 1. The van der Waals surface area contributed by atoms with E-state index in [-0.39, 0.29) is 36.0 Å². The van der Waals surface area contributed by atoms with Crippen LogP contribution in [0.2, 0.25) is 0 Å². The number of carbonyl (C=O) groups is 1. The number of hydrogen-bond donors (Lipinski definition) is 4. The van der Waals surface area contributed by atoms with E-state index in [1.165, 1.54) is 0 Å².